The summed E-state index contributed by atoms with van der Waals surface area (Å²) in [5.74, 6) is -3.38. The maximum atomic E-state index is 12.5. The second-order valence-electron chi connectivity index (χ2n) is 14.5. The molecule has 330 valence electrons. The molecule has 1 aliphatic carbocycles. The molecule has 2 aromatic carbocycles. The van der Waals surface area contributed by atoms with Gasteiger partial charge in [-0.05, 0) is 48.5 Å². The minimum Gasteiger partial charge on any atom is -0.508 e. The van der Waals surface area contributed by atoms with E-state index in [9.17, 15) is 70.9 Å². The zero-order chi connectivity index (χ0) is 43.9. The number of carbonyl (C=O) groups excluding carboxylic acids is 1. The van der Waals surface area contributed by atoms with E-state index in [2.05, 4.69) is 0 Å². The van der Waals surface area contributed by atoms with Crippen molar-refractivity contribution >= 4 is 5.97 Å². The standard InChI is InChI=1S/C39H42O22/c40-16-4-1-14(2-5-16)36(53)54-12-25-28(47)30(49)33(52)37(59-25)56-13-26-29(48)31(50)35(61-38-32(51)27(46)22(45)11-55-38)39(60-26)58-24-10-18-20(43)8-17(41)9-23(18)57-34(24)15-3-6-19(42)21(44)7-15/h1-10,22,25-33,35,37-40,42-52H,11-13H2/t22-,25-,26-,27+,28-,29+,30+,31+,32-,33-,35-,37-,38+,39-/m1/s1. The van der Waals surface area contributed by atoms with Crippen LogP contribution in [0, 0.1) is 0 Å². The first-order valence-corrected chi connectivity index (χ1v) is 18.6. The summed E-state index contributed by atoms with van der Waals surface area (Å²) in [7, 11) is 0. The summed E-state index contributed by atoms with van der Waals surface area (Å²) < 4.78 is 45.8. The summed E-state index contributed by atoms with van der Waals surface area (Å²) in [4.78, 5) is 24.8. The molecular weight excluding hydrogens is 820 g/mol. The van der Waals surface area contributed by atoms with Crippen molar-refractivity contribution in [2.45, 2.75) is 86.0 Å². The Bertz CT molecular complexity index is 2180. The zero-order valence-electron chi connectivity index (χ0n) is 31.4. The summed E-state index contributed by atoms with van der Waals surface area (Å²) in [6.45, 7) is -1.95. The van der Waals surface area contributed by atoms with E-state index in [1.807, 2.05) is 0 Å². The predicted molar refractivity (Wildman–Crippen MR) is 197 cm³/mol. The molecule has 61 heavy (non-hydrogen) atoms. The SMILES string of the molecule is O=C(OC[C@H]1O[C@@H](OC[C@H]2O[C@@H](Oc3cc4c(O)cc(=O)cc-4oc3-c3ccc(O)c(O)c3)[C@H](O[C@@H]3OC[C@@H](O)[C@H](O)[C@H]3O)[C@@H](O)[C@H]2O)[C@H](O)[C@@H](O)[C@@H]1O)c1ccc(O)cc1. The van der Waals surface area contributed by atoms with E-state index in [-0.39, 0.29) is 39.7 Å². The molecule has 0 aromatic heterocycles. The number of aromatic hydroxyl groups is 4. The third-order valence-electron chi connectivity index (χ3n) is 10.3. The maximum absolute atomic E-state index is 12.5. The van der Waals surface area contributed by atoms with Crippen LogP contribution in [0.25, 0.3) is 22.6 Å². The molecule has 7 rings (SSSR count). The summed E-state index contributed by atoms with van der Waals surface area (Å²) in [6.07, 6.45) is -25.2. The summed E-state index contributed by atoms with van der Waals surface area (Å²) >= 11 is 0. The number of phenols is 4. The lowest BCUT2D eigenvalue weighted by Crippen LogP contribution is -2.64. The molecule has 3 fully saturated rings. The van der Waals surface area contributed by atoms with Gasteiger partial charge in [0.25, 0.3) is 0 Å². The van der Waals surface area contributed by atoms with Crippen LogP contribution in [0.4, 0.5) is 0 Å². The fraction of sp³-hybridized carbons (Fsp3) is 0.436. The number of hydrogen-bond donors (Lipinski definition) is 12. The molecule has 0 radical (unpaired) electrons. The Labute approximate surface area is 343 Å². The minimum absolute atomic E-state index is 0.0346. The lowest BCUT2D eigenvalue weighted by atomic mass is 9.97. The molecular formula is C39H42O22. The third-order valence-corrected chi connectivity index (χ3v) is 10.3. The van der Waals surface area contributed by atoms with E-state index in [1.54, 1.807) is 0 Å². The van der Waals surface area contributed by atoms with Gasteiger partial charge in [-0.3, -0.25) is 4.79 Å². The Balaban J connectivity index is 1.16. The summed E-state index contributed by atoms with van der Waals surface area (Å²) in [5.41, 5.74) is -0.646. The quantitative estimate of drug-likeness (QED) is 0.0551. The predicted octanol–water partition coefficient (Wildman–Crippen LogP) is -2.44. The molecule has 0 saturated carbocycles. The minimum atomic E-state index is -2.03. The lowest BCUT2D eigenvalue weighted by Gasteiger charge is -2.45. The first kappa shape index (κ1) is 43.9. The monoisotopic (exact) mass is 862 g/mol. The molecule has 0 spiro atoms. The molecule has 4 heterocycles. The summed E-state index contributed by atoms with van der Waals surface area (Å²) in [5, 5.41) is 126. The average Bonchev–Trinajstić information content (AvgIpc) is 3.23. The van der Waals surface area contributed by atoms with Gasteiger partial charge in [0.15, 0.2) is 47.1 Å². The molecule has 22 heteroatoms. The number of aliphatic hydroxyl groups is 8. The average molecular weight is 863 g/mol. The van der Waals surface area contributed by atoms with Crippen molar-refractivity contribution in [2.75, 3.05) is 19.8 Å². The first-order valence-electron chi connectivity index (χ1n) is 18.6. The van der Waals surface area contributed by atoms with Crippen molar-refractivity contribution in [3.05, 3.63) is 76.5 Å². The van der Waals surface area contributed by atoms with Gasteiger partial charge in [-0.1, -0.05) is 0 Å². The van der Waals surface area contributed by atoms with Crippen molar-refractivity contribution in [3.63, 3.8) is 0 Å². The van der Waals surface area contributed by atoms with Crippen molar-refractivity contribution in [2.24, 2.45) is 0 Å². The Hall–Kier alpha value is -5.18. The Morgan fingerprint density at radius 1 is 0.656 bits per heavy atom. The fourth-order valence-electron chi connectivity index (χ4n) is 6.81. The molecule has 5 aliphatic rings. The van der Waals surface area contributed by atoms with Gasteiger partial charge in [0.1, 0.15) is 84.9 Å². The third kappa shape index (κ3) is 9.22. The molecule has 4 aliphatic heterocycles. The van der Waals surface area contributed by atoms with Crippen LogP contribution in [0.15, 0.2) is 69.9 Å². The van der Waals surface area contributed by atoms with Gasteiger partial charge in [0.2, 0.25) is 6.29 Å². The van der Waals surface area contributed by atoms with Crippen molar-refractivity contribution < 1.29 is 104 Å². The number of benzene rings is 3. The number of phenolic OH excluding ortho intramolecular Hbond substituents is 4. The van der Waals surface area contributed by atoms with Gasteiger partial charge in [0.05, 0.1) is 24.3 Å². The smallest absolute Gasteiger partial charge is 0.338 e. The van der Waals surface area contributed by atoms with E-state index in [1.165, 1.54) is 36.4 Å². The molecule has 12 N–H and O–H groups in total. The highest BCUT2D eigenvalue weighted by Crippen LogP contribution is 2.43. The normalized spacial score (nSPS) is 33.0. The zero-order valence-corrected chi connectivity index (χ0v) is 31.4. The second-order valence-corrected chi connectivity index (χ2v) is 14.5. The largest absolute Gasteiger partial charge is 0.508 e. The molecule has 3 saturated heterocycles. The molecule has 14 atom stereocenters. The van der Waals surface area contributed by atoms with Gasteiger partial charge >= 0.3 is 5.97 Å². The highest BCUT2D eigenvalue weighted by molar-refractivity contribution is 5.89. The van der Waals surface area contributed by atoms with Crippen LogP contribution >= 0.6 is 0 Å². The number of hydrogen-bond acceptors (Lipinski definition) is 22. The van der Waals surface area contributed by atoms with Crippen LogP contribution in [-0.2, 0) is 28.4 Å². The van der Waals surface area contributed by atoms with Gasteiger partial charge in [-0.25, -0.2) is 4.79 Å². The number of ether oxygens (including phenoxy) is 7. The van der Waals surface area contributed by atoms with Crippen LogP contribution in [0.3, 0.4) is 0 Å². The Kier molecular flexibility index (Phi) is 13.0. The lowest BCUT2D eigenvalue weighted by molar-refractivity contribution is -0.353. The van der Waals surface area contributed by atoms with Crippen LogP contribution in [-0.4, -0.2) is 173 Å². The van der Waals surface area contributed by atoms with E-state index in [4.69, 9.17) is 37.6 Å². The van der Waals surface area contributed by atoms with Crippen LogP contribution in [0.1, 0.15) is 10.4 Å². The van der Waals surface area contributed by atoms with Crippen LogP contribution in [0.2, 0.25) is 0 Å². The molecule has 22 nitrogen and oxygen atoms in total. The molecule has 0 bridgehead atoms. The van der Waals surface area contributed by atoms with E-state index in [0.29, 0.717) is 0 Å². The van der Waals surface area contributed by atoms with Crippen LogP contribution in [0.5, 0.6) is 28.7 Å². The number of esters is 1. The number of carbonyl (C=O) groups is 1. The van der Waals surface area contributed by atoms with Crippen molar-refractivity contribution in [1.29, 1.82) is 0 Å². The van der Waals surface area contributed by atoms with E-state index in [0.717, 1.165) is 24.3 Å². The Morgan fingerprint density at radius 3 is 2.05 bits per heavy atom. The number of fused-ring (bicyclic) bond motifs is 1. The van der Waals surface area contributed by atoms with Crippen LogP contribution < -0.4 is 10.2 Å². The highest BCUT2D eigenvalue weighted by Gasteiger charge is 2.52. The van der Waals surface area contributed by atoms with Crippen molar-refractivity contribution in [3.8, 4) is 51.4 Å². The maximum Gasteiger partial charge on any atom is 0.338 e. The number of aliphatic hydroxyl groups excluding tert-OH is 8. The van der Waals surface area contributed by atoms with Gasteiger partial charge in [0, 0.05) is 17.7 Å². The van der Waals surface area contributed by atoms with E-state index < -0.39 is 134 Å². The molecule has 2 aromatic rings. The first-order chi connectivity index (χ1) is 29.0. The van der Waals surface area contributed by atoms with Gasteiger partial charge < -0.3 is 98.9 Å². The molecule has 0 unspecified atom stereocenters. The second kappa shape index (κ2) is 18.0. The molecule has 0 amide bonds. The van der Waals surface area contributed by atoms with E-state index >= 15 is 0 Å². The van der Waals surface area contributed by atoms with Gasteiger partial charge in [-0.2, -0.15) is 0 Å². The highest BCUT2D eigenvalue weighted by atomic mass is 16.8. The topological polar surface area (TPSA) is 355 Å². The number of rotatable bonds is 11. The van der Waals surface area contributed by atoms with Crippen molar-refractivity contribution in [1.82, 2.24) is 0 Å². The summed E-state index contributed by atoms with van der Waals surface area (Å²) in [6, 6.07) is 11.6. The Morgan fingerprint density at radius 2 is 1.33 bits per heavy atom. The van der Waals surface area contributed by atoms with Gasteiger partial charge in [-0.15, -0.1) is 0 Å². The fourth-order valence-corrected chi connectivity index (χ4v) is 6.81.